The summed E-state index contributed by atoms with van der Waals surface area (Å²) in [6.07, 6.45) is 0.805. The lowest BCUT2D eigenvalue weighted by Gasteiger charge is -2.08. The molecule has 2 rings (SSSR count). The molecule has 5 heteroatoms. The predicted octanol–water partition coefficient (Wildman–Crippen LogP) is 2.88. The highest BCUT2D eigenvalue weighted by Gasteiger charge is 2.06. The van der Waals surface area contributed by atoms with Crippen LogP contribution in [-0.2, 0) is 13.7 Å². The van der Waals surface area contributed by atoms with Crippen LogP contribution in [0.2, 0.25) is 0 Å². The molecule has 1 aromatic heterocycles. The van der Waals surface area contributed by atoms with E-state index < -0.39 is 0 Å². The Morgan fingerprint density at radius 3 is 2.78 bits per heavy atom. The standard InChI is InChI=1S/C13H13BrN2O2/c1-9-5-11(16(2)15-9)8-18-13-4-3-10(7-17)6-12(13)14/h3-7H,8H2,1-2H3. The lowest BCUT2D eigenvalue weighted by molar-refractivity contribution is 0.112. The monoisotopic (exact) mass is 308 g/mol. The van der Waals surface area contributed by atoms with Crippen LogP contribution in [0.1, 0.15) is 21.7 Å². The van der Waals surface area contributed by atoms with E-state index in [1.807, 2.05) is 20.0 Å². The van der Waals surface area contributed by atoms with Gasteiger partial charge in [0.05, 0.1) is 15.9 Å². The highest BCUT2D eigenvalue weighted by Crippen LogP contribution is 2.26. The quantitative estimate of drug-likeness (QED) is 0.816. The van der Waals surface area contributed by atoms with Crippen molar-refractivity contribution in [1.29, 1.82) is 0 Å². The summed E-state index contributed by atoms with van der Waals surface area (Å²) in [5.41, 5.74) is 2.58. The summed E-state index contributed by atoms with van der Waals surface area (Å²) in [4.78, 5) is 10.6. The second-order valence-electron chi connectivity index (χ2n) is 4.00. The maximum atomic E-state index is 10.6. The number of hydrogen-bond acceptors (Lipinski definition) is 3. The van der Waals surface area contributed by atoms with Crippen molar-refractivity contribution in [1.82, 2.24) is 9.78 Å². The zero-order valence-electron chi connectivity index (χ0n) is 10.2. The Balaban J connectivity index is 2.10. The third-order valence-corrected chi connectivity index (χ3v) is 3.19. The number of nitrogens with zero attached hydrogens (tertiary/aromatic N) is 2. The molecule has 0 fully saturated rings. The smallest absolute Gasteiger partial charge is 0.150 e. The van der Waals surface area contributed by atoms with Crippen molar-refractivity contribution >= 4 is 22.2 Å². The number of aryl methyl sites for hydroxylation is 2. The number of benzene rings is 1. The van der Waals surface area contributed by atoms with Gasteiger partial charge in [0.15, 0.2) is 0 Å². The summed E-state index contributed by atoms with van der Waals surface area (Å²) in [5.74, 6) is 0.708. The number of carbonyl (C=O) groups excluding carboxylic acids is 1. The molecule has 0 atom stereocenters. The highest BCUT2D eigenvalue weighted by molar-refractivity contribution is 9.10. The Kier molecular flexibility index (Phi) is 3.81. The van der Waals surface area contributed by atoms with E-state index in [-0.39, 0.29) is 0 Å². The van der Waals surface area contributed by atoms with Crippen LogP contribution in [0.5, 0.6) is 5.75 Å². The number of carbonyl (C=O) groups is 1. The van der Waals surface area contributed by atoms with Gasteiger partial charge in [0, 0.05) is 12.6 Å². The Hall–Kier alpha value is -1.62. The van der Waals surface area contributed by atoms with E-state index in [2.05, 4.69) is 21.0 Å². The number of aldehydes is 1. The molecule has 2 aromatic rings. The van der Waals surface area contributed by atoms with Crippen LogP contribution >= 0.6 is 15.9 Å². The van der Waals surface area contributed by atoms with Gasteiger partial charge < -0.3 is 4.74 Å². The number of aromatic nitrogens is 2. The fraction of sp³-hybridized carbons (Fsp3) is 0.231. The average molecular weight is 309 g/mol. The first-order valence-corrected chi connectivity index (χ1v) is 6.26. The van der Waals surface area contributed by atoms with Crippen LogP contribution in [0.4, 0.5) is 0 Å². The number of hydrogen-bond donors (Lipinski definition) is 0. The van der Waals surface area contributed by atoms with Crippen LogP contribution in [0.15, 0.2) is 28.7 Å². The lowest BCUT2D eigenvalue weighted by atomic mass is 10.2. The molecule has 18 heavy (non-hydrogen) atoms. The molecule has 4 nitrogen and oxygen atoms in total. The molecule has 1 aromatic carbocycles. The summed E-state index contributed by atoms with van der Waals surface area (Å²) in [6.45, 7) is 2.38. The van der Waals surface area contributed by atoms with Gasteiger partial charge in [-0.05, 0) is 47.1 Å². The van der Waals surface area contributed by atoms with Gasteiger partial charge >= 0.3 is 0 Å². The molecule has 0 N–H and O–H groups in total. The molecule has 0 bridgehead atoms. The van der Waals surface area contributed by atoms with E-state index in [9.17, 15) is 4.79 Å². The van der Waals surface area contributed by atoms with E-state index in [0.29, 0.717) is 17.9 Å². The van der Waals surface area contributed by atoms with E-state index >= 15 is 0 Å². The molecule has 0 saturated carbocycles. The topological polar surface area (TPSA) is 44.1 Å². The average Bonchev–Trinajstić information content (AvgIpc) is 2.66. The minimum atomic E-state index is 0.441. The molecule has 0 aliphatic heterocycles. The van der Waals surface area contributed by atoms with Crippen molar-refractivity contribution in [2.24, 2.45) is 7.05 Å². The van der Waals surface area contributed by atoms with Crippen molar-refractivity contribution in [3.05, 3.63) is 45.7 Å². The maximum absolute atomic E-state index is 10.6. The van der Waals surface area contributed by atoms with Gasteiger partial charge in [-0.3, -0.25) is 9.48 Å². The van der Waals surface area contributed by atoms with E-state index in [0.717, 1.165) is 22.1 Å². The second-order valence-corrected chi connectivity index (χ2v) is 4.85. The molecule has 0 radical (unpaired) electrons. The van der Waals surface area contributed by atoms with Crippen LogP contribution < -0.4 is 4.74 Å². The van der Waals surface area contributed by atoms with Crippen LogP contribution in [0.3, 0.4) is 0 Å². The van der Waals surface area contributed by atoms with Crippen LogP contribution in [-0.4, -0.2) is 16.1 Å². The molecular weight excluding hydrogens is 296 g/mol. The first kappa shape index (κ1) is 12.8. The normalized spacial score (nSPS) is 10.4. The number of ether oxygens (including phenoxy) is 1. The molecule has 94 valence electrons. The SMILES string of the molecule is Cc1cc(COc2ccc(C=O)cc2Br)n(C)n1. The minimum absolute atomic E-state index is 0.441. The molecule has 1 heterocycles. The van der Waals surface area contributed by atoms with E-state index in [1.165, 1.54) is 0 Å². The third-order valence-electron chi connectivity index (χ3n) is 2.57. The van der Waals surface area contributed by atoms with Gasteiger partial charge in [0.1, 0.15) is 18.6 Å². The Labute approximate surface area is 114 Å². The zero-order valence-corrected chi connectivity index (χ0v) is 11.8. The molecule has 0 aliphatic carbocycles. The first-order valence-electron chi connectivity index (χ1n) is 5.47. The van der Waals surface area contributed by atoms with Gasteiger partial charge in [-0.2, -0.15) is 5.10 Å². The lowest BCUT2D eigenvalue weighted by Crippen LogP contribution is -2.03. The summed E-state index contributed by atoms with van der Waals surface area (Å²) in [5, 5.41) is 4.25. The van der Waals surface area contributed by atoms with Crippen molar-refractivity contribution in [2.75, 3.05) is 0 Å². The minimum Gasteiger partial charge on any atom is -0.486 e. The Bertz CT molecular complexity index is 578. The van der Waals surface area contributed by atoms with Gasteiger partial charge in [0.2, 0.25) is 0 Å². The van der Waals surface area contributed by atoms with Crippen molar-refractivity contribution < 1.29 is 9.53 Å². The van der Waals surface area contributed by atoms with Gasteiger partial charge in [-0.25, -0.2) is 0 Å². The third kappa shape index (κ3) is 2.79. The Morgan fingerprint density at radius 2 is 2.22 bits per heavy atom. The van der Waals surface area contributed by atoms with Crippen molar-refractivity contribution in [3.63, 3.8) is 0 Å². The van der Waals surface area contributed by atoms with E-state index in [4.69, 9.17) is 4.74 Å². The van der Waals surface area contributed by atoms with Crippen molar-refractivity contribution in [3.8, 4) is 5.75 Å². The van der Waals surface area contributed by atoms with Crippen molar-refractivity contribution in [2.45, 2.75) is 13.5 Å². The maximum Gasteiger partial charge on any atom is 0.150 e. The fourth-order valence-electron chi connectivity index (χ4n) is 1.66. The summed E-state index contributed by atoms with van der Waals surface area (Å²) in [6, 6.07) is 7.21. The highest BCUT2D eigenvalue weighted by atomic mass is 79.9. The van der Waals surface area contributed by atoms with Gasteiger partial charge in [-0.15, -0.1) is 0 Å². The fourth-order valence-corrected chi connectivity index (χ4v) is 2.17. The zero-order chi connectivity index (χ0) is 13.1. The van der Waals surface area contributed by atoms with E-state index in [1.54, 1.807) is 22.9 Å². The largest absolute Gasteiger partial charge is 0.486 e. The molecule has 0 spiro atoms. The predicted molar refractivity (Wildman–Crippen MR) is 71.8 cm³/mol. The van der Waals surface area contributed by atoms with Gasteiger partial charge in [-0.1, -0.05) is 0 Å². The molecule has 0 unspecified atom stereocenters. The first-order chi connectivity index (χ1) is 8.60. The Morgan fingerprint density at radius 1 is 1.44 bits per heavy atom. The van der Waals surface area contributed by atoms with Crippen LogP contribution in [0.25, 0.3) is 0 Å². The second kappa shape index (κ2) is 5.35. The van der Waals surface area contributed by atoms with Crippen LogP contribution in [0, 0.1) is 6.92 Å². The number of halogens is 1. The summed E-state index contributed by atoms with van der Waals surface area (Å²) in [7, 11) is 1.89. The molecule has 0 aliphatic rings. The summed E-state index contributed by atoms with van der Waals surface area (Å²) >= 11 is 3.38. The molecule has 0 saturated heterocycles. The molecular formula is C13H13BrN2O2. The molecule has 0 amide bonds. The summed E-state index contributed by atoms with van der Waals surface area (Å²) < 4.78 is 8.26. The number of rotatable bonds is 4. The van der Waals surface area contributed by atoms with Gasteiger partial charge in [0.25, 0.3) is 0 Å².